The van der Waals surface area contributed by atoms with Crippen LogP contribution in [-0.4, -0.2) is 75.0 Å². The number of rotatable bonds is 9. The van der Waals surface area contributed by atoms with Gasteiger partial charge in [-0.1, -0.05) is 31.9 Å². The Labute approximate surface area is 176 Å². The van der Waals surface area contributed by atoms with Crippen LogP contribution in [0.25, 0.3) is 0 Å². The van der Waals surface area contributed by atoms with Crippen molar-refractivity contribution >= 4 is 11.9 Å². The van der Waals surface area contributed by atoms with E-state index >= 15 is 0 Å². The molecule has 1 aliphatic rings. The summed E-state index contributed by atoms with van der Waals surface area (Å²) in [4.78, 5) is 20.8. The zero-order valence-corrected chi connectivity index (χ0v) is 18.7. The Morgan fingerprint density at radius 2 is 2.10 bits per heavy atom. The van der Waals surface area contributed by atoms with Gasteiger partial charge in [-0.25, -0.2) is 0 Å². The lowest BCUT2D eigenvalue weighted by Crippen LogP contribution is -2.49. The smallest absolute Gasteiger partial charge is 0.253 e. The molecule has 162 valence electrons. The predicted molar refractivity (Wildman–Crippen MR) is 122 cm³/mol. The number of unbranched alkanes of at least 4 members (excludes halogenated alkanes) is 1. The lowest BCUT2D eigenvalue weighted by molar-refractivity contribution is 0.0827. The topological polar surface area (TPSA) is 60.0 Å². The average Bonchev–Trinajstić information content (AvgIpc) is 2.74. The molecule has 0 radical (unpaired) electrons. The lowest BCUT2D eigenvalue weighted by atomic mass is 10.0. The van der Waals surface area contributed by atoms with E-state index in [2.05, 4.69) is 33.5 Å². The molecule has 0 aliphatic carbocycles. The van der Waals surface area contributed by atoms with E-state index in [1.165, 1.54) is 45.2 Å². The van der Waals surface area contributed by atoms with Crippen molar-refractivity contribution in [1.82, 2.24) is 20.4 Å². The normalized spacial score (nSPS) is 17.8. The molecular weight excluding hydrogens is 362 g/mol. The molecule has 1 amide bonds. The van der Waals surface area contributed by atoms with Crippen LogP contribution in [-0.2, 0) is 6.42 Å². The molecule has 1 atom stereocenters. The standard InChI is InChI=1S/C23H39N5O/c1-5-6-15-28-16-8-7-12-21(28)18-26-23(24-2)25-14-13-19-10-9-11-20(17-19)22(29)27(3)4/h9-11,17,21H,5-8,12-16,18H2,1-4H3,(H2,24,25,26). The van der Waals surface area contributed by atoms with Crippen molar-refractivity contribution in [1.29, 1.82) is 0 Å². The van der Waals surface area contributed by atoms with Crippen molar-refractivity contribution in [3.63, 3.8) is 0 Å². The van der Waals surface area contributed by atoms with Crippen LogP contribution < -0.4 is 10.6 Å². The Morgan fingerprint density at radius 3 is 2.83 bits per heavy atom. The predicted octanol–water partition coefficient (Wildman–Crippen LogP) is 2.75. The van der Waals surface area contributed by atoms with Gasteiger partial charge in [0.2, 0.25) is 0 Å². The second-order valence-electron chi connectivity index (χ2n) is 8.07. The number of hydrogen-bond acceptors (Lipinski definition) is 3. The summed E-state index contributed by atoms with van der Waals surface area (Å²) in [6.07, 6.45) is 7.29. The first-order chi connectivity index (χ1) is 14.0. The third-order valence-electron chi connectivity index (χ3n) is 5.56. The van der Waals surface area contributed by atoms with Crippen LogP contribution in [0.1, 0.15) is 54.9 Å². The van der Waals surface area contributed by atoms with Gasteiger partial charge in [-0.2, -0.15) is 0 Å². The third kappa shape index (κ3) is 7.69. The molecule has 29 heavy (non-hydrogen) atoms. The van der Waals surface area contributed by atoms with Crippen LogP contribution in [0.15, 0.2) is 29.3 Å². The van der Waals surface area contributed by atoms with Crippen molar-refractivity contribution in [2.24, 2.45) is 4.99 Å². The van der Waals surface area contributed by atoms with Crippen LogP contribution in [0.5, 0.6) is 0 Å². The second-order valence-corrected chi connectivity index (χ2v) is 8.07. The fraction of sp³-hybridized carbons (Fsp3) is 0.652. The molecule has 6 nitrogen and oxygen atoms in total. The maximum absolute atomic E-state index is 12.1. The van der Waals surface area contributed by atoms with Crippen LogP contribution in [0.3, 0.4) is 0 Å². The number of carbonyl (C=O) groups is 1. The van der Waals surface area contributed by atoms with Gasteiger partial charge in [0, 0.05) is 45.8 Å². The zero-order chi connectivity index (χ0) is 21.1. The number of nitrogens with zero attached hydrogens (tertiary/aromatic N) is 3. The van der Waals surface area contributed by atoms with Crippen molar-refractivity contribution in [2.75, 3.05) is 47.3 Å². The van der Waals surface area contributed by atoms with Gasteiger partial charge < -0.3 is 15.5 Å². The van der Waals surface area contributed by atoms with E-state index in [1.54, 1.807) is 19.0 Å². The second kappa shape index (κ2) is 12.5. The molecule has 2 N–H and O–H groups in total. The van der Waals surface area contributed by atoms with Gasteiger partial charge >= 0.3 is 0 Å². The maximum Gasteiger partial charge on any atom is 0.253 e. The van der Waals surface area contributed by atoms with E-state index in [1.807, 2.05) is 25.2 Å². The zero-order valence-electron chi connectivity index (χ0n) is 18.7. The number of piperidine rings is 1. The Hall–Kier alpha value is -2.08. The van der Waals surface area contributed by atoms with Gasteiger partial charge in [0.1, 0.15) is 0 Å². The molecule has 0 spiro atoms. The summed E-state index contributed by atoms with van der Waals surface area (Å²) in [7, 11) is 5.38. The van der Waals surface area contributed by atoms with Crippen molar-refractivity contribution in [3.8, 4) is 0 Å². The van der Waals surface area contributed by atoms with E-state index in [0.29, 0.717) is 6.04 Å². The molecule has 0 bridgehead atoms. The summed E-state index contributed by atoms with van der Waals surface area (Å²) in [5, 5.41) is 6.92. The number of hydrogen-bond donors (Lipinski definition) is 2. The van der Waals surface area contributed by atoms with Gasteiger partial charge in [0.25, 0.3) is 5.91 Å². The molecule has 0 aromatic heterocycles. The Kier molecular flexibility index (Phi) is 9.98. The molecule has 0 saturated carbocycles. The Balaban J connectivity index is 1.79. The number of guanidine groups is 1. The molecule has 1 aromatic rings. The highest BCUT2D eigenvalue weighted by Crippen LogP contribution is 2.17. The molecule has 6 heteroatoms. The molecule has 1 heterocycles. The highest BCUT2D eigenvalue weighted by molar-refractivity contribution is 5.94. The number of nitrogens with one attached hydrogen (secondary N) is 2. The molecule has 1 saturated heterocycles. The molecule has 2 rings (SSSR count). The summed E-state index contributed by atoms with van der Waals surface area (Å²) in [5.41, 5.74) is 1.89. The van der Waals surface area contributed by atoms with Gasteiger partial charge in [0.15, 0.2) is 5.96 Å². The minimum Gasteiger partial charge on any atom is -0.356 e. The van der Waals surface area contributed by atoms with E-state index in [-0.39, 0.29) is 5.91 Å². The third-order valence-corrected chi connectivity index (χ3v) is 5.56. The fourth-order valence-electron chi connectivity index (χ4n) is 3.83. The van der Waals surface area contributed by atoms with Gasteiger partial charge in [-0.05, 0) is 56.5 Å². The first kappa shape index (κ1) is 23.2. The van der Waals surface area contributed by atoms with Crippen LogP contribution in [0.4, 0.5) is 0 Å². The summed E-state index contributed by atoms with van der Waals surface area (Å²) in [6, 6.07) is 8.47. The van der Waals surface area contributed by atoms with Crippen molar-refractivity contribution in [2.45, 2.75) is 51.5 Å². The average molecular weight is 402 g/mol. The number of aliphatic imine (C=N–C) groups is 1. The summed E-state index contributed by atoms with van der Waals surface area (Å²) >= 11 is 0. The molecule has 1 aromatic carbocycles. The number of benzene rings is 1. The minimum absolute atomic E-state index is 0.0393. The highest BCUT2D eigenvalue weighted by Gasteiger charge is 2.21. The fourth-order valence-corrected chi connectivity index (χ4v) is 3.83. The van der Waals surface area contributed by atoms with E-state index in [0.717, 1.165) is 36.6 Å². The first-order valence-corrected chi connectivity index (χ1v) is 11.0. The lowest BCUT2D eigenvalue weighted by Gasteiger charge is -2.36. The van der Waals surface area contributed by atoms with E-state index < -0.39 is 0 Å². The molecule has 1 aliphatic heterocycles. The first-order valence-electron chi connectivity index (χ1n) is 11.0. The quantitative estimate of drug-likeness (QED) is 0.493. The monoisotopic (exact) mass is 401 g/mol. The van der Waals surface area contributed by atoms with E-state index in [4.69, 9.17) is 0 Å². The Bertz CT molecular complexity index is 658. The van der Waals surface area contributed by atoms with Gasteiger partial charge in [0.05, 0.1) is 0 Å². The number of carbonyl (C=O) groups excluding carboxylic acids is 1. The summed E-state index contributed by atoms with van der Waals surface area (Å²) in [6.45, 7) is 6.41. The van der Waals surface area contributed by atoms with Gasteiger partial charge in [-0.3, -0.25) is 14.7 Å². The number of likely N-dealkylation sites (tertiary alicyclic amines) is 1. The maximum atomic E-state index is 12.1. The molecule has 1 unspecified atom stereocenters. The minimum atomic E-state index is 0.0393. The Morgan fingerprint density at radius 1 is 1.28 bits per heavy atom. The van der Waals surface area contributed by atoms with Crippen molar-refractivity contribution < 1.29 is 4.79 Å². The van der Waals surface area contributed by atoms with Crippen molar-refractivity contribution in [3.05, 3.63) is 35.4 Å². The molecular formula is C23H39N5O. The van der Waals surface area contributed by atoms with E-state index in [9.17, 15) is 4.79 Å². The van der Waals surface area contributed by atoms with Gasteiger partial charge in [-0.15, -0.1) is 0 Å². The highest BCUT2D eigenvalue weighted by atomic mass is 16.2. The molecule has 1 fully saturated rings. The van der Waals surface area contributed by atoms with Crippen LogP contribution in [0.2, 0.25) is 0 Å². The summed E-state index contributed by atoms with van der Waals surface area (Å²) in [5.74, 6) is 0.893. The largest absolute Gasteiger partial charge is 0.356 e. The number of amides is 1. The van der Waals surface area contributed by atoms with Crippen LogP contribution >= 0.6 is 0 Å². The van der Waals surface area contributed by atoms with Crippen LogP contribution in [0, 0.1) is 0 Å². The SMILES string of the molecule is CCCCN1CCCCC1CNC(=NC)NCCc1cccc(C(=O)N(C)C)c1. The summed E-state index contributed by atoms with van der Waals surface area (Å²) < 4.78 is 0.